The van der Waals surface area contributed by atoms with Crippen LogP contribution in [0.3, 0.4) is 0 Å². The number of benzene rings is 2. The molecule has 12 nitrogen and oxygen atoms in total. The molecule has 44 heavy (non-hydrogen) atoms. The van der Waals surface area contributed by atoms with Gasteiger partial charge in [-0.1, -0.05) is 27.7 Å². The molecule has 2 aromatic rings. The second kappa shape index (κ2) is 16.2. The van der Waals surface area contributed by atoms with Gasteiger partial charge in [0.2, 0.25) is 24.4 Å². The number of aliphatic hydroxyl groups is 2. The highest BCUT2D eigenvalue weighted by atomic mass is 16.7. The molecular weight excluding hydrogens is 568 g/mol. The van der Waals surface area contributed by atoms with Crippen molar-refractivity contribution in [3.05, 3.63) is 48.5 Å². The molecule has 10 atom stereocenters. The summed E-state index contributed by atoms with van der Waals surface area (Å²) in [4.78, 5) is 22.0. The molecule has 0 saturated carbocycles. The summed E-state index contributed by atoms with van der Waals surface area (Å²) in [5.41, 5.74) is 13.4. The number of ether oxygens (including phenoxy) is 4. The van der Waals surface area contributed by atoms with Gasteiger partial charge >= 0.3 is 0 Å². The van der Waals surface area contributed by atoms with Crippen LogP contribution in [0.15, 0.2) is 48.5 Å². The molecule has 2 heterocycles. The molecule has 4 rings (SSSR count). The third kappa shape index (κ3) is 9.37. The fourth-order valence-corrected chi connectivity index (χ4v) is 5.28. The van der Waals surface area contributed by atoms with Gasteiger partial charge in [-0.25, -0.2) is 0 Å². The Balaban J connectivity index is 0.000000240. The van der Waals surface area contributed by atoms with E-state index in [0.29, 0.717) is 22.9 Å². The maximum Gasteiger partial charge on any atom is 0.227 e. The van der Waals surface area contributed by atoms with E-state index in [9.17, 15) is 19.8 Å². The molecule has 8 N–H and O–H groups in total. The van der Waals surface area contributed by atoms with E-state index in [1.54, 1.807) is 48.5 Å². The van der Waals surface area contributed by atoms with Gasteiger partial charge in [0.1, 0.15) is 17.6 Å². The largest absolute Gasteiger partial charge is 0.463 e. The van der Waals surface area contributed by atoms with Crippen molar-refractivity contribution in [2.24, 2.45) is 23.3 Å². The fourth-order valence-electron chi connectivity index (χ4n) is 5.28. The lowest BCUT2D eigenvalue weighted by molar-refractivity contribution is -0.225. The van der Waals surface area contributed by atoms with E-state index in [-0.39, 0.29) is 41.9 Å². The van der Waals surface area contributed by atoms with Crippen molar-refractivity contribution >= 4 is 23.2 Å². The standard InChI is InChI=1S/2C16H24N2O4/c1-4-13-9(2)15(20)14(17)16(22-13)21-12-7-5-11(6-8-12)18-10(3)19;1-4-13-9(2)14(17)15(20)16(22-13)21-12-7-5-11(6-8-12)18-10(3)19/h2*5-9,13-16,20H,4,17H2,1-3H3,(H,18,19)/t2*9-,13-,14-,15+,16+/m11/s1. The summed E-state index contributed by atoms with van der Waals surface area (Å²) in [6.07, 6.45) is -1.56. The minimum atomic E-state index is -0.882. The van der Waals surface area contributed by atoms with E-state index in [1.807, 2.05) is 27.7 Å². The number of carbonyl (C=O) groups is 2. The number of anilines is 2. The number of nitrogens with two attached hydrogens (primary N) is 2. The average molecular weight is 617 g/mol. The zero-order valence-corrected chi connectivity index (χ0v) is 26.3. The molecule has 0 radical (unpaired) electrons. The predicted molar refractivity (Wildman–Crippen MR) is 167 cm³/mol. The fraction of sp³-hybridized carbons (Fsp3) is 0.562. The topological polar surface area (TPSA) is 188 Å². The SMILES string of the molecule is CC[C@H]1O[C@H](Oc2ccc(NC(C)=O)cc2)[C@@H](O)[C@H](N)[C@@H]1C.CC[C@H]1O[C@H](Oc2ccc(NC(C)=O)cc2)[C@H](N)[C@@H](O)[C@@H]1C. The van der Waals surface area contributed by atoms with E-state index in [0.717, 1.165) is 12.8 Å². The van der Waals surface area contributed by atoms with Crippen LogP contribution in [-0.2, 0) is 19.1 Å². The lowest BCUT2D eigenvalue weighted by Crippen LogP contribution is -2.59. The Kier molecular flexibility index (Phi) is 12.9. The van der Waals surface area contributed by atoms with E-state index < -0.39 is 30.8 Å². The molecule has 2 aromatic carbocycles. The van der Waals surface area contributed by atoms with Crippen LogP contribution in [0.25, 0.3) is 0 Å². The van der Waals surface area contributed by atoms with Gasteiger partial charge in [0.25, 0.3) is 0 Å². The van der Waals surface area contributed by atoms with Crippen molar-refractivity contribution in [1.29, 1.82) is 0 Å². The van der Waals surface area contributed by atoms with Crippen molar-refractivity contribution < 1.29 is 38.7 Å². The lowest BCUT2D eigenvalue weighted by atomic mass is 9.88. The quantitative estimate of drug-likeness (QED) is 0.257. The van der Waals surface area contributed by atoms with Gasteiger partial charge in [0.05, 0.1) is 24.4 Å². The second-order valence-electron chi connectivity index (χ2n) is 11.4. The number of aliphatic hydroxyl groups excluding tert-OH is 2. The van der Waals surface area contributed by atoms with Gasteiger partial charge in [0, 0.05) is 43.1 Å². The molecule has 0 aliphatic carbocycles. The average Bonchev–Trinajstić information content (AvgIpc) is 2.99. The van der Waals surface area contributed by atoms with Crippen molar-refractivity contribution in [2.75, 3.05) is 10.6 Å². The number of hydrogen-bond acceptors (Lipinski definition) is 10. The smallest absolute Gasteiger partial charge is 0.227 e. The van der Waals surface area contributed by atoms with Crippen molar-refractivity contribution in [1.82, 2.24) is 0 Å². The molecule has 12 heteroatoms. The molecule has 2 aliphatic heterocycles. The summed E-state index contributed by atoms with van der Waals surface area (Å²) in [7, 11) is 0. The van der Waals surface area contributed by atoms with Gasteiger partial charge in [-0.15, -0.1) is 0 Å². The summed E-state index contributed by atoms with van der Waals surface area (Å²) >= 11 is 0. The first-order valence-corrected chi connectivity index (χ1v) is 15.1. The third-order valence-corrected chi connectivity index (χ3v) is 7.98. The summed E-state index contributed by atoms with van der Waals surface area (Å²) in [6, 6.07) is 12.8. The van der Waals surface area contributed by atoms with Gasteiger partial charge in [-0.2, -0.15) is 0 Å². The van der Waals surface area contributed by atoms with Gasteiger partial charge in [-0.3, -0.25) is 9.59 Å². The van der Waals surface area contributed by atoms with Crippen molar-refractivity contribution in [2.45, 2.75) is 103 Å². The molecule has 0 bridgehead atoms. The molecular formula is C32H48N4O8. The first kappa shape index (κ1) is 35.2. The minimum Gasteiger partial charge on any atom is -0.463 e. The Labute approximate surface area is 259 Å². The second-order valence-corrected chi connectivity index (χ2v) is 11.4. The van der Waals surface area contributed by atoms with Crippen LogP contribution in [0, 0.1) is 11.8 Å². The lowest BCUT2D eigenvalue weighted by Gasteiger charge is -2.41. The number of amides is 2. The molecule has 244 valence electrons. The predicted octanol–water partition coefficient (Wildman–Crippen LogP) is 2.97. The molecule has 0 spiro atoms. The van der Waals surface area contributed by atoms with Crippen LogP contribution in [0.4, 0.5) is 11.4 Å². The Hall–Kier alpha value is -3.26. The van der Waals surface area contributed by atoms with Crippen LogP contribution in [-0.4, -0.2) is 71.1 Å². The summed E-state index contributed by atoms with van der Waals surface area (Å²) < 4.78 is 23.1. The molecule has 2 aliphatic rings. The zero-order chi connectivity index (χ0) is 32.6. The van der Waals surface area contributed by atoms with E-state index in [2.05, 4.69) is 10.6 Å². The van der Waals surface area contributed by atoms with E-state index in [1.165, 1.54) is 13.8 Å². The highest BCUT2D eigenvalue weighted by Crippen LogP contribution is 2.30. The molecule has 2 saturated heterocycles. The highest BCUT2D eigenvalue weighted by Gasteiger charge is 2.42. The maximum atomic E-state index is 11.0. The van der Waals surface area contributed by atoms with Crippen LogP contribution in [0.2, 0.25) is 0 Å². The zero-order valence-electron chi connectivity index (χ0n) is 26.3. The van der Waals surface area contributed by atoms with Crippen LogP contribution < -0.4 is 31.6 Å². The normalized spacial score (nSPS) is 31.6. The number of nitrogens with one attached hydrogen (secondary N) is 2. The van der Waals surface area contributed by atoms with E-state index >= 15 is 0 Å². The van der Waals surface area contributed by atoms with Gasteiger partial charge in [-0.05, 0) is 61.4 Å². The van der Waals surface area contributed by atoms with Crippen molar-refractivity contribution in [3.63, 3.8) is 0 Å². The van der Waals surface area contributed by atoms with Crippen LogP contribution in [0.1, 0.15) is 54.4 Å². The summed E-state index contributed by atoms with van der Waals surface area (Å²) in [5.74, 6) is 0.907. The Bertz CT molecular complexity index is 1100. The van der Waals surface area contributed by atoms with Crippen LogP contribution in [0.5, 0.6) is 11.5 Å². The molecule has 2 amide bonds. The monoisotopic (exact) mass is 616 g/mol. The number of hydrogen-bond donors (Lipinski definition) is 6. The van der Waals surface area contributed by atoms with Crippen molar-refractivity contribution in [3.8, 4) is 11.5 Å². The first-order valence-electron chi connectivity index (χ1n) is 15.1. The maximum absolute atomic E-state index is 11.0. The Morgan fingerprint density at radius 1 is 0.705 bits per heavy atom. The Morgan fingerprint density at radius 3 is 1.55 bits per heavy atom. The summed E-state index contributed by atoms with van der Waals surface area (Å²) in [5, 5.41) is 25.8. The molecule has 2 fully saturated rings. The van der Waals surface area contributed by atoms with E-state index in [4.69, 9.17) is 30.4 Å². The minimum absolute atomic E-state index is 0.0259. The molecule has 0 aromatic heterocycles. The summed E-state index contributed by atoms with van der Waals surface area (Å²) in [6.45, 7) is 10.8. The third-order valence-electron chi connectivity index (χ3n) is 7.98. The number of rotatable bonds is 8. The molecule has 0 unspecified atom stereocenters. The van der Waals surface area contributed by atoms with Crippen LogP contribution >= 0.6 is 0 Å². The Morgan fingerprint density at radius 2 is 1.11 bits per heavy atom. The van der Waals surface area contributed by atoms with Gasteiger partial charge < -0.3 is 51.3 Å². The van der Waals surface area contributed by atoms with Gasteiger partial charge in [0.15, 0.2) is 0 Å². The highest BCUT2D eigenvalue weighted by molar-refractivity contribution is 5.89. The number of carbonyl (C=O) groups excluding carboxylic acids is 2. The first-order chi connectivity index (χ1) is 20.8.